The lowest BCUT2D eigenvalue weighted by atomic mass is 10.1. The van der Waals surface area contributed by atoms with Crippen molar-refractivity contribution in [2.75, 3.05) is 13.7 Å². The molecule has 0 amide bonds. The van der Waals surface area contributed by atoms with Crippen LogP contribution in [0.15, 0.2) is 24.3 Å². The van der Waals surface area contributed by atoms with Gasteiger partial charge in [-0.1, -0.05) is 12.1 Å². The molecule has 0 spiro atoms. The van der Waals surface area contributed by atoms with Gasteiger partial charge in [-0.15, -0.1) is 0 Å². The van der Waals surface area contributed by atoms with E-state index in [-0.39, 0.29) is 5.90 Å². The van der Waals surface area contributed by atoms with E-state index < -0.39 is 6.10 Å². The summed E-state index contributed by atoms with van der Waals surface area (Å²) in [6.07, 6.45) is -1.03. The van der Waals surface area contributed by atoms with Crippen LogP contribution in [0.2, 0.25) is 0 Å². The van der Waals surface area contributed by atoms with Crippen LogP contribution in [0.4, 0.5) is 0 Å². The van der Waals surface area contributed by atoms with Crippen molar-refractivity contribution in [2.45, 2.75) is 13.0 Å². The first-order valence-electron chi connectivity index (χ1n) is 4.72. The topological polar surface area (TPSA) is 62.5 Å². The third-order valence-corrected chi connectivity index (χ3v) is 1.96. The monoisotopic (exact) mass is 209 g/mol. The molecule has 0 heterocycles. The molecule has 1 atom stereocenters. The fraction of sp³-hybridized carbons (Fsp3) is 0.364. The zero-order valence-corrected chi connectivity index (χ0v) is 8.86. The Bertz CT molecular complexity index is 338. The van der Waals surface area contributed by atoms with Gasteiger partial charge in [0.1, 0.15) is 5.75 Å². The predicted molar refractivity (Wildman–Crippen MR) is 57.3 cm³/mol. The standard InChI is InChI=1S/C11H15NO3/c1-3-15-11(12)10(13)8-5-4-6-9(7-8)14-2/h4-7,10,12-13H,3H2,1-2H3. The Kier molecular flexibility index (Phi) is 4.12. The first-order chi connectivity index (χ1) is 7.19. The highest BCUT2D eigenvalue weighted by Crippen LogP contribution is 2.19. The maximum absolute atomic E-state index is 9.74. The van der Waals surface area contributed by atoms with E-state index in [0.717, 1.165) is 0 Å². The highest BCUT2D eigenvalue weighted by atomic mass is 16.5. The molecule has 1 rings (SSSR count). The number of rotatable bonds is 4. The lowest BCUT2D eigenvalue weighted by molar-refractivity contribution is 0.190. The number of nitrogens with one attached hydrogen (secondary N) is 1. The van der Waals surface area contributed by atoms with Crippen LogP contribution in [0.3, 0.4) is 0 Å². The molecule has 0 saturated carbocycles. The average Bonchev–Trinajstić information content (AvgIpc) is 2.28. The third kappa shape index (κ3) is 2.95. The number of hydrogen-bond donors (Lipinski definition) is 2. The summed E-state index contributed by atoms with van der Waals surface area (Å²) in [4.78, 5) is 0. The van der Waals surface area contributed by atoms with Gasteiger partial charge in [0.25, 0.3) is 0 Å². The third-order valence-electron chi connectivity index (χ3n) is 1.96. The fourth-order valence-corrected chi connectivity index (χ4v) is 1.20. The summed E-state index contributed by atoms with van der Waals surface area (Å²) >= 11 is 0. The van der Waals surface area contributed by atoms with E-state index in [1.54, 1.807) is 38.3 Å². The maximum Gasteiger partial charge on any atom is 0.214 e. The van der Waals surface area contributed by atoms with Crippen LogP contribution in [0.25, 0.3) is 0 Å². The fourth-order valence-electron chi connectivity index (χ4n) is 1.20. The lowest BCUT2D eigenvalue weighted by Gasteiger charge is -2.13. The molecule has 0 aliphatic rings. The number of ether oxygens (including phenoxy) is 2. The molecule has 4 nitrogen and oxygen atoms in total. The Balaban J connectivity index is 2.81. The Hall–Kier alpha value is -1.55. The molecule has 2 N–H and O–H groups in total. The summed E-state index contributed by atoms with van der Waals surface area (Å²) in [5, 5.41) is 17.2. The second-order valence-corrected chi connectivity index (χ2v) is 2.98. The largest absolute Gasteiger partial charge is 0.497 e. The van der Waals surface area contributed by atoms with Gasteiger partial charge < -0.3 is 14.6 Å². The van der Waals surface area contributed by atoms with Gasteiger partial charge in [-0.25, -0.2) is 0 Å². The van der Waals surface area contributed by atoms with Crippen LogP contribution < -0.4 is 4.74 Å². The molecule has 82 valence electrons. The van der Waals surface area contributed by atoms with E-state index in [2.05, 4.69) is 0 Å². The van der Waals surface area contributed by atoms with Gasteiger partial charge in [0.05, 0.1) is 13.7 Å². The van der Waals surface area contributed by atoms with Gasteiger partial charge in [0.15, 0.2) is 6.10 Å². The molecule has 1 aromatic rings. The molecule has 0 aliphatic heterocycles. The van der Waals surface area contributed by atoms with Crippen LogP contribution in [0, 0.1) is 5.41 Å². The highest BCUT2D eigenvalue weighted by Gasteiger charge is 2.14. The van der Waals surface area contributed by atoms with Crippen LogP contribution in [0.5, 0.6) is 5.75 Å². The summed E-state index contributed by atoms with van der Waals surface area (Å²) in [5.74, 6) is 0.501. The van der Waals surface area contributed by atoms with Crippen LogP contribution in [-0.4, -0.2) is 24.7 Å². The van der Waals surface area contributed by atoms with Crippen LogP contribution in [0.1, 0.15) is 18.6 Å². The molecule has 15 heavy (non-hydrogen) atoms. The molecule has 0 aromatic heterocycles. The minimum absolute atomic E-state index is 0.147. The summed E-state index contributed by atoms with van der Waals surface area (Å²) in [5.41, 5.74) is 0.591. The number of methoxy groups -OCH3 is 1. The molecule has 0 aliphatic carbocycles. The summed E-state index contributed by atoms with van der Waals surface area (Å²) in [7, 11) is 1.55. The van der Waals surface area contributed by atoms with Gasteiger partial charge in [0.2, 0.25) is 5.90 Å². The van der Waals surface area contributed by atoms with Gasteiger partial charge in [-0.05, 0) is 24.6 Å². The maximum atomic E-state index is 9.74. The van der Waals surface area contributed by atoms with Crippen molar-refractivity contribution >= 4 is 5.90 Å². The van der Waals surface area contributed by atoms with Crippen molar-refractivity contribution in [1.82, 2.24) is 0 Å². The van der Waals surface area contributed by atoms with Crippen LogP contribution in [-0.2, 0) is 4.74 Å². The molecule has 4 heteroatoms. The first kappa shape index (κ1) is 11.5. The SMILES string of the molecule is CCOC(=N)C(O)c1cccc(OC)c1. The summed E-state index contributed by atoms with van der Waals surface area (Å²) in [6, 6.07) is 6.94. The van der Waals surface area contributed by atoms with Crippen LogP contribution >= 0.6 is 0 Å². The number of benzene rings is 1. The van der Waals surface area contributed by atoms with Crippen molar-refractivity contribution in [3.8, 4) is 5.75 Å². The quantitative estimate of drug-likeness (QED) is 0.586. The zero-order valence-electron chi connectivity index (χ0n) is 8.86. The Labute approximate surface area is 89.0 Å². The Morgan fingerprint density at radius 1 is 1.53 bits per heavy atom. The minimum Gasteiger partial charge on any atom is -0.497 e. The molecule has 0 radical (unpaired) electrons. The molecule has 0 saturated heterocycles. The zero-order chi connectivity index (χ0) is 11.3. The van der Waals surface area contributed by atoms with Crippen molar-refractivity contribution in [1.29, 1.82) is 5.41 Å². The lowest BCUT2D eigenvalue weighted by Crippen LogP contribution is -2.14. The highest BCUT2D eigenvalue weighted by molar-refractivity contribution is 5.79. The summed E-state index contributed by atoms with van der Waals surface area (Å²) in [6.45, 7) is 2.15. The number of hydrogen-bond acceptors (Lipinski definition) is 4. The van der Waals surface area contributed by atoms with Crippen molar-refractivity contribution < 1.29 is 14.6 Å². The number of aliphatic hydroxyl groups is 1. The second kappa shape index (κ2) is 5.36. The van der Waals surface area contributed by atoms with Gasteiger partial charge >= 0.3 is 0 Å². The van der Waals surface area contributed by atoms with E-state index >= 15 is 0 Å². The van der Waals surface area contributed by atoms with Crippen molar-refractivity contribution in [3.63, 3.8) is 0 Å². The Morgan fingerprint density at radius 3 is 2.87 bits per heavy atom. The van der Waals surface area contributed by atoms with E-state index in [4.69, 9.17) is 14.9 Å². The van der Waals surface area contributed by atoms with E-state index in [0.29, 0.717) is 17.9 Å². The predicted octanol–water partition coefficient (Wildman–Crippen LogP) is 1.74. The summed E-state index contributed by atoms with van der Waals surface area (Å²) < 4.78 is 9.95. The molecule has 0 fully saturated rings. The van der Waals surface area contributed by atoms with Crippen molar-refractivity contribution in [3.05, 3.63) is 29.8 Å². The Morgan fingerprint density at radius 2 is 2.27 bits per heavy atom. The van der Waals surface area contributed by atoms with E-state index in [1.165, 1.54) is 0 Å². The van der Waals surface area contributed by atoms with Gasteiger partial charge in [-0.2, -0.15) is 0 Å². The van der Waals surface area contributed by atoms with Gasteiger partial charge in [-0.3, -0.25) is 5.41 Å². The van der Waals surface area contributed by atoms with E-state index in [9.17, 15) is 5.11 Å². The average molecular weight is 209 g/mol. The second-order valence-electron chi connectivity index (χ2n) is 2.98. The molecule has 0 bridgehead atoms. The number of aliphatic hydroxyl groups excluding tert-OH is 1. The minimum atomic E-state index is -1.03. The molecular formula is C11H15NO3. The molecular weight excluding hydrogens is 194 g/mol. The van der Waals surface area contributed by atoms with Crippen molar-refractivity contribution in [2.24, 2.45) is 0 Å². The smallest absolute Gasteiger partial charge is 0.214 e. The normalized spacial score (nSPS) is 11.9. The molecule has 1 unspecified atom stereocenters. The van der Waals surface area contributed by atoms with E-state index in [1.807, 2.05) is 0 Å². The first-order valence-corrected chi connectivity index (χ1v) is 4.72. The van der Waals surface area contributed by atoms with Gasteiger partial charge in [0, 0.05) is 0 Å². The molecule has 1 aromatic carbocycles.